The molecule has 0 radical (unpaired) electrons. The second-order valence-corrected chi connectivity index (χ2v) is 22.4. The number of esters is 3. The predicted octanol–water partition coefficient (Wildman–Crippen LogP) is 22.6. The van der Waals surface area contributed by atoms with Crippen LogP contribution in [0.4, 0.5) is 0 Å². The molecule has 0 aliphatic heterocycles. The van der Waals surface area contributed by atoms with E-state index in [1.807, 2.05) is 0 Å². The first kappa shape index (κ1) is 72.4. The van der Waals surface area contributed by atoms with Crippen molar-refractivity contribution in [2.45, 2.75) is 361 Å². The first-order valence-corrected chi connectivity index (χ1v) is 33.1. The fourth-order valence-electron chi connectivity index (χ4n) is 9.91. The third kappa shape index (κ3) is 62.1. The zero-order chi connectivity index (χ0) is 54.3. The summed E-state index contributed by atoms with van der Waals surface area (Å²) in [5.41, 5.74) is 0. The molecule has 0 aliphatic rings. The summed E-state index contributed by atoms with van der Waals surface area (Å²) in [6.07, 6.45) is 80.0. The van der Waals surface area contributed by atoms with Crippen LogP contribution in [0.5, 0.6) is 0 Å². The van der Waals surface area contributed by atoms with Crippen LogP contribution in [0.1, 0.15) is 355 Å². The molecule has 0 heterocycles. The van der Waals surface area contributed by atoms with Crippen molar-refractivity contribution >= 4 is 17.9 Å². The van der Waals surface area contributed by atoms with Crippen molar-refractivity contribution in [2.24, 2.45) is 0 Å². The summed E-state index contributed by atoms with van der Waals surface area (Å²) in [7, 11) is 0. The smallest absolute Gasteiger partial charge is 0.306 e. The SMILES string of the molecule is CC/C=C\C/C=C\C/C=C\C/C=C\CCCCCCCCCCC(=O)OC(COC(=O)CCCCCCCCCCC)COC(=O)CCCCCCCCCCCCCCCCCCCCCCCCCCCCC. The van der Waals surface area contributed by atoms with Crippen LogP contribution in [0.25, 0.3) is 0 Å². The van der Waals surface area contributed by atoms with Gasteiger partial charge in [-0.15, -0.1) is 0 Å². The largest absolute Gasteiger partial charge is 0.462 e. The molecule has 0 N–H and O–H groups in total. The van der Waals surface area contributed by atoms with E-state index in [0.29, 0.717) is 19.3 Å². The Morgan fingerprint density at radius 1 is 0.280 bits per heavy atom. The van der Waals surface area contributed by atoms with Crippen LogP contribution < -0.4 is 0 Å². The Bertz CT molecular complexity index is 1300. The summed E-state index contributed by atoms with van der Waals surface area (Å²) < 4.78 is 16.9. The molecule has 438 valence electrons. The summed E-state index contributed by atoms with van der Waals surface area (Å²) >= 11 is 0. The van der Waals surface area contributed by atoms with Gasteiger partial charge in [-0.2, -0.15) is 0 Å². The van der Waals surface area contributed by atoms with E-state index >= 15 is 0 Å². The number of rotatable bonds is 61. The molecule has 6 heteroatoms. The van der Waals surface area contributed by atoms with Gasteiger partial charge in [-0.05, 0) is 57.8 Å². The van der Waals surface area contributed by atoms with E-state index in [1.54, 1.807) is 0 Å². The van der Waals surface area contributed by atoms with Gasteiger partial charge in [-0.25, -0.2) is 0 Å². The molecule has 0 aliphatic carbocycles. The third-order valence-corrected chi connectivity index (χ3v) is 14.8. The lowest BCUT2D eigenvalue weighted by atomic mass is 10.0. The van der Waals surface area contributed by atoms with E-state index in [0.717, 1.165) is 89.9 Å². The van der Waals surface area contributed by atoms with Gasteiger partial charge >= 0.3 is 17.9 Å². The molecule has 0 bridgehead atoms. The first-order valence-electron chi connectivity index (χ1n) is 33.1. The Kier molecular flexibility index (Phi) is 61.7. The van der Waals surface area contributed by atoms with E-state index in [4.69, 9.17) is 14.2 Å². The number of allylic oxidation sites excluding steroid dienone is 8. The molecule has 1 atom stereocenters. The van der Waals surface area contributed by atoms with Crippen LogP contribution in [-0.2, 0) is 28.6 Å². The number of hydrogen-bond donors (Lipinski definition) is 0. The molecule has 0 aromatic carbocycles. The molecular formula is C69H126O6. The molecule has 6 nitrogen and oxygen atoms in total. The maximum absolute atomic E-state index is 12.9. The third-order valence-electron chi connectivity index (χ3n) is 14.8. The Morgan fingerprint density at radius 2 is 0.520 bits per heavy atom. The van der Waals surface area contributed by atoms with Crippen molar-refractivity contribution < 1.29 is 28.6 Å². The van der Waals surface area contributed by atoms with Gasteiger partial charge in [0.1, 0.15) is 13.2 Å². The van der Waals surface area contributed by atoms with Crippen LogP contribution >= 0.6 is 0 Å². The number of hydrogen-bond acceptors (Lipinski definition) is 6. The fourth-order valence-corrected chi connectivity index (χ4v) is 9.91. The topological polar surface area (TPSA) is 78.9 Å². The van der Waals surface area contributed by atoms with Crippen molar-refractivity contribution in [3.63, 3.8) is 0 Å². The minimum absolute atomic E-state index is 0.0718. The van der Waals surface area contributed by atoms with Crippen molar-refractivity contribution in [1.29, 1.82) is 0 Å². The van der Waals surface area contributed by atoms with E-state index in [1.165, 1.54) is 225 Å². The Labute approximate surface area is 467 Å². The maximum atomic E-state index is 12.9. The van der Waals surface area contributed by atoms with E-state index in [9.17, 15) is 14.4 Å². The zero-order valence-corrected chi connectivity index (χ0v) is 50.3. The van der Waals surface area contributed by atoms with Crippen LogP contribution in [0, 0.1) is 0 Å². The van der Waals surface area contributed by atoms with Crippen LogP contribution in [-0.4, -0.2) is 37.2 Å². The molecule has 0 amide bonds. The minimum atomic E-state index is -0.774. The molecule has 0 saturated carbocycles. The summed E-state index contributed by atoms with van der Waals surface area (Å²) in [5, 5.41) is 0. The van der Waals surface area contributed by atoms with Gasteiger partial charge in [0.2, 0.25) is 0 Å². The summed E-state index contributed by atoms with van der Waals surface area (Å²) in [4.78, 5) is 38.2. The normalized spacial score (nSPS) is 12.3. The van der Waals surface area contributed by atoms with Crippen molar-refractivity contribution in [2.75, 3.05) is 13.2 Å². The van der Waals surface area contributed by atoms with Crippen molar-refractivity contribution in [1.82, 2.24) is 0 Å². The second kappa shape index (κ2) is 63.9. The first-order chi connectivity index (χ1) is 37.0. The van der Waals surface area contributed by atoms with Crippen molar-refractivity contribution in [3.8, 4) is 0 Å². The van der Waals surface area contributed by atoms with Crippen molar-refractivity contribution in [3.05, 3.63) is 48.6 Å². The highest BCUT2D eigenvalue weighted by Gasteiger charge is 2.19. The lowest BCUT2D eigenvalue weighted by molar-refractivity contribution is -0.167. The van der Waals surface area contributed by atoms with E-state index in [2.05, 4.69) is 69.4 Å². The molecule has 0 aromatic rings. The van der Waals surface area contributed by atoms with E-state index in [-0.39, 0.29) is 31.1 Å². The Balaban J connectivity index is 4.14. The van der Waals surface area contributed by atoms with Gasteiger partial charge in [0.25, 0.3) is 0 Å². The summed E-state index contributed by atoms with van der Waals surface area (Å²) in [6.45, 7) is 6.56. The lowest BCUT2D eigenvalue weighted by Gasteiger charge is -2.18. The average molecular weight is 1050 g/mol. The number of carbonyl (C=O) groups excluding carboxylic acids is 3. The average Bonchev–Trinajstić information content (AvgIpc) is 3.41. The summed E-state index contributed by atoms with van der Waals surface area (Å²) in [5.74, 6) is -0.861. The summed E-state index contributed by atoms with van der Waals surface area (Å²) in [6, 6.07) is 0. The molecule has 75 heavy (non-hydrogen) atoms. The molecule has 0 rings (SSSR count). The molecule has 0 aromatic heterocycles. The van der Waals surface area contributed by atoms with Gasteiger partial charge in [0.05, 0.1) is 0 Å². The van der Waals surface area contributed by atoms with Gasteiger partial charge in [0.15, 0.2) is 6.10 Å². The number of carbonyl (C=O) groups is 3. The fraction of sp³-hybridized carbons (Fsp3) is 0.841. The van der Waals surface area contributed by atoms with E-state index < -0.39 is 6.10 Å². The zero-order valence-electron chi connectivity index (χ0n) is 50.3. The highest BCUT2D eigenvalue weighted by molar-refractivity contribution is 5.71. The maximum Gasteiger partial charge on any atom is 0.306 e. The van der Waals surface area contributed by atoms with Crippen LogP contribution in [0.2, 0.25) is 0 Å². The second-order valence-electron chi connectivity index (χ2n) is 22.4. The minimum Gasteiger partial charge on any atom is -0.462 e. The van der Waals surface area contributed by atoms with Gasteiger partial charge in [-0.3, -0.25) is 14.4 Å². The Morgan fingerprint density at radius 3 is 0.813 bits per heavy atom. The van der Waals surface area contributed by atoms with Gasteiger partial charge in [0, 0.05) is 19.3 Å². The predicted molar refractivity (Wildman–Crippen MR) is 325 cm³/mol. The molecule has 1 unspecified atom stereocenters. The standard InChI is InChI=1S/C69H126O6/c1-4-7-10-13-16-19-21-23-25-27-29-31-32-33-34-35-36-38-39-41-43-45-47-50-53-56-59-62-68(71)74-65-66(64-73-67(70)61-58-55-52-49-18-15-12-9-6-3)75-69(72)63-60-57-54-51-48-46-44-42-40-37-30-28-26-24-22-20-17-14-11-8-5-2/h8,11,17,20,24,26,30,37,66H,4-7,9-10,12-16,18-19,21-23,25,27-29,31-36,38-65H2,1-3H3/b11-8-,20-17-,26-24-,37-30-. The molecule has 0 spiro atoms. The highest BCUT2D eigenvalue weighted by atomic mass is 16.6. The lowest BCUT2D eigenvalue weighted by Crippen LogP contribution is -2.30. The molecular weight excluding hydrogens is 925 g/mol. The molecule has 0 fully saturated rings. The van der Waals surface area contributed by atoms with Gasteiger partial charge in [-0.1, -0.05) is 326 Å². The molecule has 0 saturated heterocycles. The number of ether oxygens (including phenoxy) is 3. The Hall–Kier alpha value is -2.63. The monoisotopic (exact) mass is 1050 g/mol. The van der Waals surface area contributed by atoms with Crippen LogP contribution in [0.3, 0.4) is 0 Å². The van der Waals surface area contributed by atoms with Gasteiger partial charge < -0.3 is 14.2 Å². The quantitative estimate of drug-likeness (QED) is 0.0261. The van der Waals surface area contributed by atoms with Crippen LogP contribution in [0.15, 0.2) is 48.6 Å². The highest BCUT2D eigenvalue weighted by Crippen LogP contribution is 2.18. The number of unbranched alkanes of at least 4 members (excludes halogenated alkanes) is 42.